The van der Waals surface area contributed by atoms with Gasteiger partial charge in [0.05, 0.1) is 0 Å². The molecule has 1 aromatic carbocycles. The minimum atomic E-state index is 0.0431. The van der Waals surface area contributed by atoms with Crippen molar-refractivity contribution in [2.45, 2.75) is 19.3 Å². The number of benzene rings is 1. The second kappa shape index (κ2) is 5.32. The van der Waals surface area contributed by atoms with Gasteiger partial charge in [0.25, 0.3) is 5.91 Å². The van der Waals surface area contributed by atoms with Crippen LogP contribution < -0.4 is 5.32 Å². The SMILES string of the molecule is CN(C)CCNC(=O)c1ccc2c(c1)CCC2. The third-order valence-corrected chi connectivity index (χ3v) is 3.21. The minimum absolute atomic E-state index is 0.0431. The number of carbonyl (C=O) groups excluding carboxylic acids is 1. The number of carbonyl (C=O) groups is 1. The molecule has 1 aliphatic rings. The normalized spacial score (nSPS) is 13.8. The first-order valence-corrected chi connectivity index (χ1v) is 6.21. The number of hydrogen-bond donors (Lipinski definition) is 1. The van der Waals surface area contributed by atoms with Gasteiger partial charge in [-0.3, -0.25) is 4.79 Å². The lowest BCUT2D eigenvalue weighted by molar-refractivity contribution is 0.0951. The van der Waals surface area contributed by atoms with E-state index in [-0.39, 0.29) is 5.91 Å². The van der Waals surface area contributed by atoms with Gasteiger partial charge in [-0.25, -0.2) is 0 Å². The van der Waals surface area contributed by atoms with Crippen molar-refractivity contribution in [2.24, 2.45) is 0 Å². The maximum atomic E-state index is 11.9. The van der Waals surface area contributed by atoms with E-state index in [1.54, 1.807) is 0 Å². The van der Waals surface area contributed by atoms with Crippen LogP contribution in [0.5, 0.6) is 0 Å². The molecule has 17 heavy (non-hydrogen) atoms. The Morgan fingerprint density at radius 3 is 2.82 bits per heavy atom. The zero-order valence-electron chi connectivity index (χ0n) is 10.6. The van der Waals surface area contributed by atoms with Crippen LogP contribution >= 0.6 is 0 Å². The Balaban J connectivity index is 1.95. The summed E-state index contributed by atoms with van der Waals surface area (Å²) in [5.74, 6) is 0.0431. The summed E-state index contributed by atoms with van der Waals surface area (Å²) in [5.41, 5.74) is 3.56. The Kier molecular flexibility index (Phi) is 3.79. The molecule has 0 spiro atoms. The molecule has 0 aromatic heterocycles. The third kappa shape index (κ3) is 3.07. The van der Waals surface area contributed by atoms with Crippen LogP contribution in [0.2, 0.25) is 0 Å². The van der Waals surface area contributed by atoms with Crippen molar-refractivity contribution < 1.29 is 4.79 Å². The van der Waals surface area contributed by atoms with Crippen LogP contribution in [-0.4, -0.2) is 38.0 Å². The molecule has 3 nitrogen and oxygen atoms in total. The molecule has 0 radical (unpaired) electrons. The highest BCUT2D eigenvalue weighted by molar-refractivity contribution is 5.94. The summed E-state index contributed by atoms with van der Waals surface area (Å²) in [7, 11) is 4.00. The molecule has 0 unspecified atom stereocenters. The van der Waals surface area contributed by atoms with E-state index in [1.165, 1.54) is 17.5 Å². The minimum Gasteiger partial charge on any atom is -0.351 e. The van der Waals surface area contributed by atoms with Crippen molar-refractivity contribution in [2.75, 3.05) is 27.2 Å². The summed E-state index contributed by atoms with van der Waals surface area (Å²) >= 11 is 0. The molecule has 0 heterocycles. The first-order chi connectivity index (χ1) is 8.16. The van der Waals surface area contributed by atoms with Crippen LogP contribution in [0.4, 0.5) is 0 Å². The van der Waals surface area contributed by atoms with Gasteiger partial charge in [0.15, 0.2) is 0 Å². The van der Waals surface area contributed by atoms with Gasteiger partial charge in [0, 0.05) is 18.7 Å². The second-order valence-corrected chi connectivity index (χ2v) is 4.90. The first-order valence-electron chi connectivity index (χ1n) is 6.21. The lowest BCUT2D eigenvalue weighted by Crippen LogP contribution is -2.31. The summed E-state index contributed by atoms with van der Waals surface area (Å²) in [6.45, 7) is 1.57. The Labute approximate surface area is 103 Å². The average molecular weight is 232 g/mol. The quantitative estimate of drug-likeness (QED) is 0.852. The molecule has 1 aliphatic carbocycles. The van der Waals surface area contributed by atoms with Crippen molar-refractivity contribution in [1.82, 2.24) is 10.2 Å². The van der Waals surface area contributed by atoms with Crippen LogP contribution in [0.15, 0.2) is 18.2 Å². The predicted molar refractivity (Wildman–Crippen MR) is 69.4 cm³/mol. The molecule has 1 N–H and O–H groups in total. The van der Waals surface area contributed by atoms with E-state index in [0.717, 1.165) is 24.9 Å². The van der Waals surface area contributed by atoms with Crippen LogP contribution in [0.25, 0.3) is 0 Å². The van der Waals surface area contributed by atoms with Crippen molar-refractivity contribution in [3.8, 4) is 0 Å². The molecule has 0 atom stereocenters. The van der Waals surface area contributed by atoms with Gasteiger partial charge < -0.3 is 10.2 Å². The van der Waals surface area contributed by atoms with Crippen LogP contribution in [0, 0.1) is 0 Å². The number of rotatable bonds is 4. The number of nitrogens with zero attached hydrogens (tertiary/aromatic N) is 1. The van der Waals surface area contributed by atoms with Crippen molar-refractivity contribution >= 4 is 5.91 Å². The van der Waals surface area contributed by atoms with Gasteiger partial charge in [-0.1, -0.05) is 6.07 Å². The number of hydrogen-bond acceptors (Lipinski definition) is 2. The fraction of sp³-hybridized carbons (Fsp3) is 0.500. The standard InChI is InChI=1S/C14H20N2O/c1-16(2)9-8-15-14(17)13-7-6-11-4-3-5-12(11)10-13/h6-7,10H,3-5,8-9H2,1-2H3,(H,15,17). The molecular weight excluding hydrogens is 212 g/mol. The van der Waals surface area contributed by atoms with Crippen LogP contribution in [0.3, 0.4) is 0 Å². The number of likely N-dealkylation sites (N-methyl/N-ethyl adjacent to an activating group) is 1. The number of fused-ring (bicyclic) bond motifs is 1. The molecule has 1 aromatic rings. The van der Waals surface area contributed by atoms with Gasteiger partial charge in [0.1, 0.15) is 0 Å². The van der Waals surface area contributed by atoms with Crippen molar-refractivity contribution in [3.05, 3.63) is 34.9 Å². The third-order valence-electron chi connectivity index (χ3n) is 3.21. The summed E-state index contributed by atoms with van der Waals surface area (Å²) < 4.78 is 0. The Bertz CT molecular complexity index is 413. The highest BCUT2D eigenvalue weighted by Crippen LogP contribution is 2.22. The van der Waals surface area contributed by atoms with Gasteiger partial charge >= 0.3 is 0 Å². The topological polar surface area (TPSA) is 32.3 Å². The Morgan fingerprint density at radius 1 is 1.29 bits per heavy atom. The smallest absolute Gasteiger partial charge is 0.251 e. The molecule has 2 rings (SSSR count). The summed E-state index contributed by atoms with van der Waals surface area (Å²) in [4.78, 5) is 14.0. The van der Waals surface area contributed by atoms with Crippen molar-refractivity contribution in [1.29, 1.82) is 0 Å². The predicted octanol–water partition coefficient (Wildman–Crippen LogP) is 1.47. The molecule has 0 saturated heterocycles. The maximum absolute atomic E-state index is 11.9. The maximum Gasteiger partial charge on any atom is 0.251 e. The lowest BCUT2D eigenvalue weighted by atomic mass is 10.1. The number of amides is 1. The fourth-order valence-corrected chi connectivity index (χ4v) is 2.21. The van der Waals surface area contributed by atoms with Crippen LogP contribution in [0.1, 0.15) is 27.9 Å². The molecule has 0 aliphatic heterocycles. The number of aryl methyl sites for hydroxylation is 2. The van der Waals surface area contributed by atoms with E-state index in [0.29, 0.717) is 6.54 Å². The van der Waals surface area contributed by atoms with Crippen molar-refractivity contribution in [3.63, 3.8) is 0 Å². The molecule has 0 fully saturated rings. The van der Waals surface area contributed by atoms with Gasteiger partial charge in [-0.2, -0.15) is 0 Å². The Hall–Kier alpha value is -1.35. The van der Waals surface area contributed by atoms with E-state index in [9.17, 15) is 4.79 Å². The molecule has 92 valence electrons. The van der Waals surface area contributed by atoms with Gasteiger partial charge in [-0.15, -0.1) is 0 Å². The number of nitrogens with one attached hydrogen (secondary N) is 1. The van der Waals surface area contributed by atoms with E-state index >= 15 is 0 Å². The summed E-state index contributed by atoms with van der Waals surface area (Å²) in [6, 6.07) is 6.09. The summed E-state index contributed by atoms with van der Waals surface area (Å²) in [5, 5.41) is 2.94. The monoisotopic (exact) mass is 232 g/mol. The molecule has 0 saturated carbocycles. The van der Waals surface area contributed by atoms with E-state index in [4.69, 9.17) is 0 Å². The second-order valence-electron chi connectivity index (χ2n) is 4.90. The Morgan fingerprint density at radius 2 is 2.06 bits per heavy atom. The molecule has 0 bridgehead atoms. The molecular formula is C14H20N2O. The van der Waals surface area contributed by atoms with E-state index < -0.39 is 0 Å². The van der Waals surface area contributed by atoms with Crippen LogP contribution in [-0.2, 0) is 12.8 Å². The zero-order valence-corrected chi connectivity index (χ0v) is 10.6. The van der Waals surface area contributed by atoms with E-state index in [2.05, 4.69) is 16.3 Å². The highest BCUT2D eigenvalue weighted by Gasteiger charge is 2.13. The largest absolute Gasteiger partial charge is 0.351 e. The lowest BCUT2D eigenvalue weighted by Gasteiger charge is -2.11. The molecule has 3 heteroatoms. The van der Waals surface area contributed by atoms with Gasteiger partial charge in [-0.05, 0) is 56.6 Å². The first kappa shape index (κ1) is 12.1. The van der Waals surface area contributed by atoms with Gasteiger partial charge in [0.2, 0.25) is 0 Å². The zero-order chi connectivity index (χ0) is 12.3. The fourth-order valence-electron chi connectivity index (χ4n) is 2.21. The molecule has 1 amide bonds. The average Bonchev–Trinajstić information content (AvgIpc) is 2.75. The highest BCUT2D eigenvalue weighted by atomic mass is 16.1. The summed E-state index contributed by atoms with van der Waals surface area (Å²) in [6.07, 6.45) is 3.51. The van der Waals surface area contributed by atoms with E-state index in [1.807, 2.05) is 26.2 Å².